The van der Waals surface area contributed by atoms with E-state index in [2.05, 4.69) is 46.9 Å². The highest BCUT2D eigenvalue weighted by molar-refractivity contribution is 4.76. The third-order valence-electron chi connectivity index (χ3n) is 2.55. The average Bonchev–Trinajstić information content (AvgIpc) is 2.13. The van der Waals surface area contributed by atoms with Crippen LogP contribution in [0.4, 0.5) is 0 Å². The smallest absolute Gasteiger partial charge is 0.0939 e. The highest BCUT2D eigenvalue weighted by Gasteiger charge is 2.23. The summed E-state index contributed by atoms with van der Waals surface area (Å²) in [6, 6.07) is 0. The Balaban J connectivity index is 4.17. The van der Waals surface area contributed by atoms with Crippen molar-refractivity contribution in [1.29, 1.82) is 0 Å². The Kier molecular flexibility index (Phi) is 6.53. The van der Waals surface area contributed by atoms with Crippen LogP contribution in [0.2, 0.25) is 0 Å². The molecule has 0 saturated heterocycles. The molecule has 0 aliphatic rings. The van der Waals surface area contributed by atoms with Crippen molar-refractivity contribution in [2.75, 3.05) is 20.3 Å². The van der Waals surface area contributed by atoms with Crippen LogP contribution in [0.5, 0.6) is 0 Å². The van der Waals surface area contributed by atoms with Gasteiger partial charge in [0, 0.05) is 19.2 Å². The molecule has 0 amide bonds. The molecular weight excluding hydrogens is 202 g/mol. The summed E-state index contributed by atoms with van der Waals surface area (Å²) in [5, 5.41) is 3.45. The van der Waals surface area contributed by atoms with Gasteiger partial charge in [-0.2, -0.15) is 0 Å². The second-order valence-electron chi connectivity index (χ2n) is 5.94. The van der Waals surface area contributed by atoms with E-state index < -0.39 is 0 Å². The fourth-order valence-corrected chi connectivity index (χ4v) is 1.28. The van der Waals surface area contributed by atoms with Crippen molar-refractivity contribution in [2.24, 2.45) is 0 Å². The van der Waals surface area contributed by atoms with Crippen LogP contribution in [0.15, 0.2) is 0 Å². The molecule has 0 aliphatic heterocycles. The lowest BCUT2D eigenvalue weighted by Crippen LogP contribution is -2.45. The van der Waals surface area contributed by atoms with Gasteiger partial charge in [-0.05, 0) is 41.0 Å². The minimum Gasteiger partial charge on any atom is -0.382 e. The maximum absolute atomic E-state index is 6.04. The van der Waals surface area contributed by atoms with Gasteiger partial charge in [-0.1, -0.05) is 6.92 Å². The van der Waals surface area contributed by atoms with Gasteiger partial charge in [0.1, 0.15) is 0 Å². The van der Waals surface area contributed by atoms with Crippen molar-refractivity contribution in [3.8, 4) is 0 Å². The first kappa shape index (κ1) is 15.9. The van der Waals surface area contributed by atoms with Crippen LogP contribution in [0, 0.1) is 0 Å². The van der Waals surface area contributed by atoms with Gasteiger partial charge < -0.3 is 14.8 Å². The predicted molar refractivity (Wildman–Crippen MR) is 68.9 cm³/mol. The molecule has 0 bridgehead atoms. The molecule has 16 heavy (non-hydrogen) atoms. The fraction of sp³-hybridized carbons (Fsp3) is 1.00. The third kappa shape index (κ3) is 8.08. The highest BCUT2D eigenvalue weighted by atomic mass is 16.5. The Hall–Kier alpha value is -0.120. The third-order valence-corrected chi connectivity index (χ3v) is 2.55. The van der Waals surface area contributed by atoms with E-state index in [0.717, 1.165) is 13.0 Å². The maximum atomic E-state index is 6.04. The number of rotatable bonds is 7. The number of methoxy groups -OCH3 is 1. The van der Waals surface area contributed by atoms with Crippen LogP contribution in [-0.4, -0.2) is 37.5 Å². The lowest BCUT2D eigenvalue weighted by Gasteiger charge is -2.32. The summed E-state index contributed by atoms with van der Waals surface area (Å²) in [4.78, 5) is 0. The molecular formula is C13H29NO2. The van der Waals surface area contributed by atoms with Crippen LogP contribution in [0.3, 0.4) is 0 Å². The van der Waals surface area contributed by atoms with E-state index in [-0.39, 0.29) is 17.2 Å². The van der Waals surface area contributed by atoms with E-state index in [1.165, 1.54) is 0 Å². The number of hydrogen-bond acceptors (Lipinski definition) is 3. The van der Waals surface area contributed by atoms with Gasteiger partial charge in [0.05, 0.1) is 18.3 Å². The van der Waals surface area contributed by atoms with Crippen molar-refractivity contribution in [3.05, 3.63) is 0 Å². The summed E-state index contributed by atoms with van der Waals surface area (Å²) in [5.74, 6) is 0. The van der Waals surface area contributed by atoms with Gasteiger partial charge in [-0.15, -0.1) is 0 Å². The molecule has 1 N–H and O–H groups in total. The minimum atomic E-state index is -0.0806. The molecule has 0 rings (SSSR count). The highest BCUT2D eigenvalue weighted by Crippen LogP contribution is 2.16. The molecule has 0 aromatic rings. The number of hydrogen-bond donors (Lipinski definition) is 1. The van der Waals surface area contributed by atoms with Gasteiger partial charge in [0.25, 0.3) is 0 Å². The first-order valence-electron chi connectivity index (χ1n) is 6.12. The summed E-state index contributed by atoms with van der Waals surface area (Å²) < 4.78 is 11.2. The normalized spacial score (nSPS) is 15.2. The molecule has 0 aromatic carbocycles. The van der Waals surface area contributed by atoms with E-state index in [9.17, 15) is 0 Å². The molecule has 1 unspecified atom stereocenters. The molecule has 0 aliphatic carbocycles. The van der Waals surface area contributed by atoms with Crippen LogP contribution >= 0.6 is 0 Å². The standard InChI is InChI=1S/C13H29NO2/c1-8-13(5,6)16-11(10-15-7)9-14-12(2,3)4/h11,14H,8-10H2,1-7H3. The lowest BCUT2D eigenvalue weighted by molar-refractivity contribution is -0.0971. The molecule has 3 heteroatoms. The van der Waals surface area contributed by atoms with E-state index in [1.807, 2.05) is 0 Å². The summed E-state index contributed by atoms with van der Waals surface area (Å²) in [6.07, 6.45) is 1.11. The van der Waals surface area contributed by atoms with E-state index in [1.54, 1.807) is 7.11 Å². The Morgan fingerprint density at radius 2 is 1.69 bits per heavy atom. The number of nitrogens with one attached hydrogen (secondary N) is 1. The Morgan fingerprint density at radius 3 is 2.06 bits per heavy atom. The second kappa shape index (κ2) is 6.58. The summed E-state index contributed by atoms with van der Waals surface area (Å²) in [6.45, 7) is 14.3. The molecule has 0 heterocycles. The predicted octanol–water partition coefficient (Wildman–Crippen LogP) is 2.59. The monoisotopic (exact) mass is 231 g/mol. The quantitative estimate of drug-likeness (QED) is 0.730. The Morgan fingerprint density at radius 1 is 1.12 bits per heavy atom. The van der Waals surface area contributed by atoms with Gasteiger partial charge in [-0.3, -0.25) is 0 Å². The molecule has 0 spiro atoms. The second-order valence-corrected chi connectivity index (χ2v) is 5.94. The maximum Gasteiger partial charge on any atom is 0.0939 e. The summed E-state index contributed by atoms with van der Waals surface area (Å²) in [5.41, 5.74) is 0.0362. The van der Waals surface area contributed by atoms with Gasteiger partial charge in [0.15, 0.2) is 0 Å². The fourth-order valence-electron chi connectivity index (χ4n) is 1.28. The van der Waals surface area contributed by atoms with Crippen molar-refractivity contribution in [3.63, 3.8) is 0 Å². The van der Waals surface area contributed by atoms with Gasteiger partial charge >= 0.3 is 0 Å². The molecule has 98 valence electrons. The topological polar surface area (TPSA) is 30.5 Å². The molecule has 0 fully saturated rings. The van der Waals surface area contributed by atoms with Crippen molar-refractivity contribution >= 4 is 0 Å². The van der Waals surface area contributed by atoms with Crippen LogP contribution in [0.25, 0.3) is 0 Å². The largest absolute Gasteiger partial charge is 0.382 e. The molecule has 1 atom stereocenters. The zero-order chi connectivity index (χ0) is 12.8. The lowest BCUT2D eigenvalue weighted by atomic mass is 10.1. The molecule has 0 saturated carbocycles. The minimum absolute atomic E-state index is 0.0806. The van der Waals surface area contributed by atoms with Crippen LogP contribution in [0.1, 0.15) is 48.0 Å². The summed E-state index contributed by atoms with van der Waals surface area (Å²) in [7, 11) is 1.71. The van der Waals surface area contributed by atoms with Gasteiger partial charge in [-0.25, -0.2) is 0 Å². The van der Waals surface area contributed by atoms with Crippen molar-refractivity contribution in [1.82, 2.24) is 5.32 Å². The first-order valence-corrected chi connectivity index (χ1v) is 6.12. The summed E-state index contributed by atoms with van der Waals surface area (Å²) >= 11 is 0. The molecule has 3 nitrogen and oxygen atoms in total. The first-order chi connectivity index (χ1) is 7.20. The zero-order valence-corrected chi connectivity index (χ0v) is 12.0. The van der Waals surface area contributed by atoms with Crippen molar-refractivity contribution in [2.45, 2.75) is 65.2 Å². The zero-order valence-electron chi connectivity index (χ0n) is 12.0. The average molecular weight is 231 g/mol. The number of ether oxygens (including phenoxy) is 2. The van der Waals surface area contributed by atoms with E-state index in [4.69, 9.17) is 9.47 Å². The van der Waals surface area contributed by atoms with E-state index in [0.29, 0.717) is 6.61 Å². The van der Waals surface area contributed by atoms with Gasteiger partial charge in [0.2, 0.25) is 0 Å². The Labute approximate surface area is 101 Å². The van der Waals surface area contributed by atoms with Crippen LogP contribution in [-0.2, 0) is 9.47 Å². The van der Waals surface area contributed by atoms with Crippen LogP contribution < -0.4 is 5.32 Å². The molecule has 0 aromatic heterocycles. The SMILES string of the molecule is CCC(C)(C)OC(CNC(C)(C)C)COC. The molecule has 0 radical (unpaired) electrons. The van der Waals surface area contributed by atoms with Crippen molar-refractivity contribution < 1.29 is 9.47 Å². The van der Waals surface area contributed by atoms with E-state index >= 15 is 0 Å². The Bertz CT molecular complexity index is 185.